The number of rotatable bonds is 7. The Morgan fingerprint density at radius 1 is 1.56 bits per heavy atom. The number of ether oxygens (including phenoxy) is 2. The standard InChI is InChI=1S/C12H24N2O3.ClH/c1-9(13)3-4-12(15)14-10(2)7-17-11-5-6-16-8-11;/h9-11H,3-8,13H2,1-2H3,(H,14,15);1H. The van der Waals surface area contributed by atoms with Crippen molar-refractivity contribution in [2.24, 2.45) is 5.73 Å². The largest absolute Gasteiger partial charge is 0.379 e. The molecule has 1 aliphatic rings. The minimum absolute atomic E-state index is 0. The second-order valence-electron chi connectivity index (χ2n) is 4.80. The topological polar surface area (TPSA) is 73.6 Å². The minimum Gasteiger partial charge on any atom is -0.379 e. The van der Waals surface area contributed by atoms with Crippen molar-refractivity contribution in [1.82, 2.24) is 5.32 Å². The van der Waals surface area contributed by atoms with Crippen molar-refractivity contribution in [3.8, 4) is 0 Å². The first-order valence-electron chi connectivity index (χ1n) is 6.32. The molecule has 108 valence electrons. The number of carbonyl (C=O) groups excluding carboxylic acids is 1. The van der Waals surface area contributed by atoms with Crippen LogP contribution in [-0.4, -0.2) is 43.9 Å². The van der Waals surface area contributed by atoms with E-state index in [0.717, 1.165) is 19.4 Å². The molecule has 6 heteroatoms. The maximum atomic E-state index is 11.5. The molecule has 0 bridgehead atoms. The normalized spacial score (nSPS) is 22.1. The van der Waals surface area contributed by atoms with E-state index < -0.39 is 0 Å². The van der Waals surface area contributed by atoms with Gasteiger partial charge in [0.2, 0.25) is 5.91 Å². The Hall–Kier alpha value is -0.360. The fourth-order valence-corrected chi connectivity index (χ4v) is 1.67. The quantitative estimate of drug-likeness (QED) is 0.725. The zero-order valence-corrected chi connectivity index (χ0v) is 12.0. The fourth-order valence-electron chi connectivity index (χ4n) is 1.67. The molecule has 1 heterocycles. The average molecular weight is 281 g/mol. The fraction of sp³-hybridized carbons (Fsp3) is 0.917. The molecule has 3 N–H and O–H groups in total. The molecule has 5 nitrogen and oxygen atoms in total. The van der Waals surface area contributed by atoms with Crippen LogP contribution in [0.15, 0.2) is 0 Å². The minimum atomic E-state index is 0. The van der Waals surface area contributed by atoms with Gasteiger partial charge in [0.25, 0.3) is 0 Å². The second-order valence-corrected chi connectivity index (χ2v) is 4.80. The van der Waals surface area contributed by atoms with Crippen molar-refractivity contribution in [3.05, 3.63) is 0 Å². The molecule has 1 amide bonds. The number of carbonyl (C=O) groups is 1. The highest BCUT2D eigenvalue weighted by Gasteiger charge is 2.17. The van der Waals surface area contributed by atoms with Crippen LogP contribution in [0.3, 0.4) is 0 Å². The van der Waals surface area contributed by atoms with Gasteiger partial charge in [0.1, 0.15) is 0 Å². The van der Waals surface area contributed by atoms with E-state index in [2.05, 4.69) is 5.32 Å². The monoisotopic (exact) mass is 280 g/mol. The third-order valence-corrected chi connectivity index (χ3v) is 2.70. The maximum Gasteiger partial charge on any atom is 0.220 e. The van der Waals surface area contributed by atoms with E-state index in [1.165, 1.54) is 0 Å². The first kappa shape index (κ1) is 17.6. The van der Waals surface area contributed by atoms with Crippen molar-refractivity contribution >= 4 is 18.3 Å². The Bertz CT molecular complexity index is 233. The van der Waals surface area contributed by atoms with Crippen molar-refractivity contribution < 1.29 is 14.3 Å². The molecule has 1 fully saturated rings. The number of amides is 1. The summed E-state index contributed by atoms with van der Waals surface area (Å²) in [5.41, 5.74) is 5.59. The summed E-state index contributed by atoms with van der Waals surface area (Å²) in [5, 5.41) is 2.90. The van der Waals surface area contributed by atoms with Crippen molar-refractivity contribution in [2.75, 3.05) is 19.8 Å². The summed E-state index contributed by atoms with van der Waals surface area (Å²) in [6, 6.07) is 0.110. The molecule has 0 aromatic carbocycles. The average Bonchev–Trinajstić information content (AvgIpc) is 2.76. The second kappa shape index (κ2) is 9.55. The molecular weight excluding hydrogens is 256 g/mol. The van der Waals surface area contributed by atoms with Crippen LogP contribution in [0.2, 0.25) is 0 Å². The SMILES string of the molecule is CC(N)CCC(=O)NC(C)COC1CCOC1.Cl. The van der Waals surface area contributed by atoms with Crippen LogP contribution >= 0.6 is 12.4 Å². The predicted molar refractivity (Wildman–Crippen MR) is 72.9 cm³/mol. The van der Waals surface area contributed by atoms with Gasteiger partial charge < -0.3 is 20.5 Å². The first-order chi connectivity index (χ1) is 8.08. The third-order valence-electron chi connectivity index (χ3n) is 2.70. The summed E-state index contributed by atoms with van der Waals surface area (Å²) < 4.78 is 10.8. The highest BCUT2D eigenvalue weighted by Crippen LogP contribution is 2.08. The molecule has 0 aliphatic carbocycles. The summed E-state index contributed by atoms with van der Waals surface area (Å²) in [6.07, 6.45) is 2.34. The number of hydrogen-bond acceptors (Lipinski definition) is 4. The van der Waals surface area contributed by atoms with Crippen molar-refractivity contribution in [3.63, 3.8) is 0 Å². The summed E-state index contributed by atoms with van der Waals surface area (Å²) >= 11 is 0. The molecule has 1 aliphatic heterocycles. The van der Waals surface area contributed by atoms with Gasteiger partial charge in [-0.25, -0.2) is 0 Å². The summed E-state index contributed by atoms with van der Waals surface area (Å²) in [5.74, 6) is 0.0427. The molecule has 0 spiro atoms. The Morgan fingerprint density at radius 2 is 2.28 bits per heavy atom. The highest BCUT2D eigenvalue weighted by molar-refractivity contribution is 5.85. The Balaban J connectivity index is 0.00000289. The molecule has 0 radical (unpaired) electrons. The third kappa shape index (κ3) is 7.87. The number of nitrogens with two attached hydrogens (primary N) is 1. The maximum absolute atomic E-state index is 11.5. The van der Waals surface area contributed by atoms with Gasteiger partial charge in [0.15, 0.2) is 0 Å². The summed E-state index contributed by atoms with van der Waals surface area (Å²) in [7, 11) is 0. The van der Waals surface area contributed by atoms with Gasteiger partial charge in [-0.15, -0.1) is 12.4 Å². The molecule has 0 aromatic rings. The number of hydrogen-bond donors (Lipinski definition) is 2. The molecule has 1 saturated heterocycles. The van der Waals surface area contributed by atoms with Crippen molar-refractivity contribution in [1.29, 1.82) is 0 Å². The smallest absolute Gasteiger partial charge is 0.220 e. The van der Waals surface area contributed by atoms with E-state index in [9.17, 15) is 4.79 Å². The van der Waals surface area contributed by atoms with E-state index in [-0.39, 0.29) is 36.5 Å². The van der Waals surface area contributed by atoms with Crippen LogP contribution in [0.5, 0.6) is 0 Å². The molecule has 0 saturated carbocycles. The van der Waals surface area contributed by atoms with Gasteiger partial charge in [-0.05, 0) is 26.7 Å². The Kier molecular flexibility index (Phi) is 9.36. The number of halogens is 1. The predicted octanol–water partition coefficient (Wildman–Crippen LogP) is 0.846. The van der Waals surface area contributed by atoms with Crippen LogP contribution in [-0.2, 0) is 14.3 Å². The Morgan fingerprint density at radius 3 is 2.83 bits per heavy atom. The molecule has 3 unspecified atom stereocenters. The zero-order chi connectivity index (χ0) is 12.7. The molecule has 3 atom stereocenters. The van der Waals surface area contributed by atoms with Crippen LogP contribution < -0.4 is 11.1 Å². The molecule has 0 aromatic heterocycles. The van der Waals surface area contributed by atoms with Crippen molar-refractivity contribution in [2.45, 2.75) is 51.3 Å². The van der Waals surface area contributed by atoms with E-state index in [0.29, 0.717) is 19.6 Å². The Labute approximate surface area is 115 Å². The highest BCUT2D eigenvalue weighted by atomic mass is 35.5. The van der Waals surface area contributed by atoms with Crippen LogP contribution in [0.1, 0.15) is 33.1 Å². The van der Waals surface area contributed by atoms with E-state index in [1.807, 2.05) is 13.8 Å². The lowest BCUT2D eigenvalue weighted by atomic mass is 10.2. The van der Waals surface area contributed by atoms with E-state index in [4.69, 9.17) is 15.2 Å². The van der Waals surface area contributed by atoms with Gasteiger partial charge >= 0.3 is 0 Å². The van der Waals surface area contributed by atoms with Gasteiger partial charge in [-0.2, -0.15) is 0 Å². The van der Waals surface area contributed by atoms with E-state index in [1.54, 1.807) is 0 Å². The number of nitrogens with one attached hydrogen (secondary N) is 1. The lowest BCUT2D eigenvalue weighted by Gasteiger charge is -2.17. The summed E-state index contributed by atoms with van der Waals surface area (Å²) in [4.78, 5) is 11.5. The zero-order valence-electron chi connectivity index (χ0n) is 11.2. The molecular formula is C12H25ClN2O3. The van der Waals surface area contributed by atoms with Gasteiger partial charge in [0.05, 0.1) is 19.3 Å². The van der Waals surface area contributed by atoms with Gasteiger partial charge in [0, 0.05) is 25.1 Å². The lowest BCUT2D eigenvalue weighted by Crippen LogP contribution is -2.37. The van der Waals surface area contributed by atoms with Crippen LogP contribution in [0.25, 0.3) is 0 Å². The first-order valence-corrected chi connectivity index (χ1v) is 6.32. The molecule has 18 heavy (non-hydrogen) atoms. The van der Waals surface area contributed by atoms with Gasteiger partial charge in [-0.1, -0.05) is 0 Å². The van der Waals surface area contributed by atoms with Gasteiger partial charge in [-0.3, -0.25) is 4.79 Å². The van der Waals surface area contributed by atoms with E-state index >= 15 is 0 Å². The van der Waals surface area contributed by atoms with Crippen LogP contribution in [0, 0.1) is 0 Å². The molecule has 1 rings (SSSR count). The lowest BCUT2D eigenvalue weighted by molar-refractivity contribution is -0.122. The summed E-state index contributed by atoms with van der Waals surface area (Å²) in [6.45, 7) is 5.84. The van der Waals surface area contributed by atoms with Crippen LogP contribution in [0.4, 0.5) is 0 Å².